The van der Waals surface area contributed by atoms with Gasteiger partial charge in [-0.1, -0.05) is 0 Å². The molecule has 3 aromatic heterocycles. The maximum absolute atomic E-state index is 13.1. The zero-order chi connectivity index (χ0) is 22.4. The van der Waals surface area contributed by atoms with Gasteiger partial charge in [0.15, 0.2) is 11.4 Å². The summed E-state index contributed by atoms with van der Waals surface area (Å²) in [5.41, 5.74) is 0.00396. The van der Waals surface area contributed by atoms with Crippen LogP contribution in [0.3, 0.4) is 0 Å². The van der Waals surface area contributed by atoms with E-state index in [1.54, 1.807) is 0 Å². The molecule has 0 aliphatic carbocycles. The molecular weight excluding hydrogens is 441 g/mol. The third kappa shape index (κ3) is 3.99. The Morgan fingerprint density at radius 3 is 2.52 bits per heavy atom. The van der Waals surface area contributed by atoms with E-state index in [1.807, 2.05) is 0 Å². The number of alkyl halides is 3. The first-order valence-electron chi connectivity index (χ1n) is 8.57. The van der Waals surface area contributed by atoms with Crippen LogP contribution in [0.2, 0.25) is 0 Å². The largest absolute Gasteiger partial charge is 0.458 e. The number of pyridine rings is 1. The number of aryl methyl sites for hydroxylation is 1. The van der Waals surface area contributed by atoms with Crippen LogP contribution in [0, 0.1) is 6.92 Å². The van der Waals surface area contributed by atoms with Crippen LogP contribution in [0.25, 0.3) is 11.2 Å². The Morgan fingerprint density at radius 2 is 1.84 bits per heavy atom. The van der Waals surface area contributed by atoms with Crippen molar-refractivity contribution in [2.24, 2.45) is 0 Å². The molecule has 0 fully saturated rings. The van der Waals surface area contributed by atoms with Gasteiger partial charge in [0.05, 0.1) is 6.26 Å². The Bertz CT molecular complexity index is 1420. The molecule has 0 aliphatic heterocycles. The number of nitrogens with zero attached hydrogens (tertiary/aromatic N) is 1. The molecule has 0 amide bonds. The molecule has 0 spiro atoms. The molecule has 0 atom stereocenters. The number of ether oxygens (including phenoxy) is 1. The van der Waals surface area contributed by atoms with Crippen LogP contribution in [0.1, 0.15) is 11.3 Å². The Kier molecular flexibility index (Phi) is 4.76. The summed E-state index contributed by atoms with van der Waals surface area (Å²) in [5, 5.41) is 0. The van der Waals surface area contributed by atoms with Gasteiger partial charge in [-0.15, -0.1) is 0 Å². The molecule has 3 heterocycles. The molecule has 9 nitrogen and oxygen atoms in total. The van der Waals surface area contributed by atoms with Gasteiger partial charge in [0.25, 0.3) is 10.0 Å². The molecule has 0 unspecified atom stereocenters. The number of aromatic nitrogens is 3. The minimum absolute atomic E-state index is 0.0102. The number of H-pyrrole nitrogens is 2. The molecular formula is C18H13F3N4O5S. The second-order valence-electron chi connectivity index (χ2n) is 6.42. The number of imidazole rings is 1. The number of hydrogen-bond acceptors (Lipinski definition) is 6. The van der Waals surface area contributed by atoms with Gasteiger partial charge in [0.1, 0.15) is 16.2 Å². The molecule has 31 heavy (non-hydrogen) atoms. The van der Waals surface area contributed by atoms with Crippen molar-refractivity contribution in [3.05, 3.63) is 64.6 Å². The lowest BCUT2D eigenvalue weighted by Gasteiger charge is -2.11. The highest BCUT2D eigenvalue weighted by Crippen LogP contribution is 2.37. The second kappa shape index (κ2) is 7.19. The van der Waals surface area contributed by atoms with Gasteiger partial charge in [0, 0.05) is 23.5 Å². The minimum atomic E-state index is -4.97. The normalized spacial score (nSPS) is 12.3. The highest BCUT2D eigenvalue weighted by molar-refractivity contribution is 7.92. The lowest BCUT2D eigenvalue weighted by atomic mass is 10.3. The van der Waals surface area contributed by atoms with Crippen LogP contribution in [0.4, 0.5) is 18.9 Å². The quantitative estimate of drug-likeness (QED) is 0.421. The Balaban J connectivity index is 1.58. The Morgan fingerprint density at radius 1 is 1.13 bits per heavy atom. The van der Waals surface area contributed by atoms with Gasteiger partial charge in [-0.05, 0) is 31.2 Å². The van der Waals surface area contributed by atoms with Crippen molar-refractivity contribution in [1.29, 1.82) is 0 Å². The number of aromatic amines is 2. The smallest absolute Gasteiger partial charge is 0.450 e. The zero-order valence-corrected chi connectivity index (χ0v) is 16.4. The van der Waals surface area contributed by atoms with Crippen molar-refractivity contribution in [2.45, 2.75) is 18.0 Å². The molecule has 13 heteroatoms. The molecule has 3 N–H and O–H groups in total. The predicted molar refractivity (Wildman–Crippen MR) is 102 cm³/mol. The fraction of sp³-hybridized carbons (Fsp3) is 0.111. The first kappa shape index (κ1) is 20.5. The van der Waals surface area contributed by atoms with E-state index in [4.69, 9.17) is 4.74 Å². The van der Waals surface area contributed by atoms with Crippen molar-refractivity contribution in [3.8, 4) is 11.5 Å². The number of nitrogens with one attached hydrogen (secondary N) is 3. The first-order valence-corrected chi connectivity index (χ1v) is 10.1. The maximum atomic E-state index is 13.1. The number of rotatable bonds is 5. The summed E-state index contributed by atoms with van der Waals surface area (Å²) in [6, 6.07) is 6.95. The van der Waals surface area contributed by atoms with Crippen LogP contribution < -0.4 is 15.1 Å². The highest BCUT2D eigenvalue weighted by Gasteiger charge is 2.42. The third-order valence-corrected chi connectivity index (χ3v) is 5.71. The molecule has 4 aromatic rings. The summed E-state index contributed by atoms with van der Waals surface area (Å²) < 4.78 is 76.5. The Labute approximate surface area is 171 Å². The third-order valence-electron chi connectivity index (χ3n) is 4.16. The van der Waals surface area contributed by atoms with Gasteiger partial charge < -0.3 is 14.1 Å². The number of hydrogen-bond donors (Lipinski definition) is 3. The van der Waals surface area contributed by atoms with Crippen LogP contribution in [-0.4, -0.2) is 23.4 Å². The molecule has 0 saturated heterocycles. The molecule has 4 rings (SSSR count). The molecule has 0 radical (unpaired) electrons. The van der Waals surface area contributed by atoms with Crippen LogP contribution in [-0.2, 0) is 16.2 Å². The van der Waals surface area contributed by atoms with Crippen LogP contribution in [0.5, 0.6) is 11.5 Å². The number of halogens is 3. The first-order chi connectivity index (χ1) is 14.5. The topological polar surface area (TPSA) is 130 Å². The monoisotopic (exact) mass is 454 g/mol. The highest BCUT2D eigenvalue weighted by atomic mass is 32.2. The summed E-state index contributed by atoms with van der Waals surface area (Å²) in [6.07, 6.45) is -2.81. The number of furan rings is 1. The fourth-order valence-corrected chi connectivity index (χ4v) is 4.31. The lowest BCUT2D eigenvalue weighted by molar-refractivity contribution is -0.155. The van der Waals surface area contributed by atoms with E-state index < -0.39 is 32.5 Å². The van der Waals surface area contributed by atoms with Gasteiger partial charge in [-0.2, -0.15) is 13.2 Å². The van der Waals surface area contributed by atoms with Gasteiger partial charge in [0.2, 0.25) is 5.76 Å². The van der Waals surface area contributed by atoms with E-state index in [0.29, 0.717) is 16.9 Å². The Hall–Kier alpha value is -3.74. The van der Waals surface area contributed by atoms with E-state index in [2.05, 4.69) is 24.1 Å². The number of fused-ring (bicyclic) bond motifs is 1. The van der Waals surface area contributed by atoms with Crippen molar-refractivity contribution in [1.82, 2.24) is 15.0 Å². The molecule has 1 aromatic carbocycles. The standard InChI is InChI=1S/C18H13F3N4O5S/c1-9-8-29-15(18(19,20)21)14(9)31(27,28)25-10-2-4-11(5-3-10)30-12-6-7-22-16-13(12)23-17(26)24-16/h2-8,25H,1H3,(H2,22,23,24,26). The average Bonchev–Trinajstić information content (AvgIpc) is 3.26. The number of anilines is 1. The fourth-order valence-electron chi connectivity index (χ4n) is 2.88. The lowest BCUT2D eigenvalue weighted by Crippen LogP contribution is -2.18. The minimum Gasteiger partial charge on any atom is -0.458 e. The summed E-state index contributed by atoms with van der Waals surface area (Å²) >= 11 is 0. The average molecular weight is 454 g/mol. The summed E-state index contributed by atoms with van der Waals surface area (Å²) in [6.45, 7) is 1.20. The van der Waals surface area contributed by atoms with E-state index in [9.17, 15) is 26.4 Å². The predicted octanol–water partition coefficient (Wildman–Crippen LogP) is 3.76. The second-order valence-corrected chi connectivity index (χ2v) is 8.04. The van der Waals surface area contributed by atoms with Crippen molar-refractivity contribution in [3.63, 3.8) is 0 Å². The molecule has 162 valence electrons. The molecule has 0 saturated carbocycles. The molecule has 0 aliphatic rings. The van der Waals surface area contributed by atoms with Gasteiger partial charge >= 0.3 is 11.9 Å². The summed E-state index contributed by atoms with van der Waals surface area (Å²) in [5.74, 6) is -1.02. The number of sulfonamides is 1. The van der Waals surface area contributed by atoms with Crippen LogP contribution >= 0.6 is 0 Å². The summed E-state index contributed by atoms with van der Waals surface area (Å²) in [4.78, 5) is 19.5. The van der Waals surface area contributed by atoms with E-state index in [1.165, 1.54) is 43.5 Å². The van der Waals surface area contributed by atoms with Crippen LogP contribution in [0.15, 0.2) is 56.9 Å². The maximum Gasteiger partial charge on any atom is 0.450 e. The van der Waals surface area contributed by atoms with E-state index in [-0.39, 0.29) is 17.0 Å². The molecule has 0 bridgehead atoms. The van der Waals surface area contributed by atoms with Crippen molar-refractivity contribution in [2.75, 3.05) is 4.72 Å². The summed E-state index contributed by atoms with van der Waals surface area (Å²) in [7, 11) is -4.57. The van der Waals surface area contributed by atoms with Gasteiger partial charge in [-0.25, -0.2) is 18.2 Å². The van der Waals surface area contributed by atoms with E-state index in [0.717, 1.165) is 6.26 Å². The van der Waals surface area contributed by atoms with E-state index >= 15 is 0 Å². The van der Waals surface area contributed by atoms with Gasteiger partial charge in [-0.3, -0.25) is 9.71 Å². The van der Waals surface area contributed by atoms with Crippen molar-refractivity contribution < 1.29 is 30.7 Å². The number of benzene rings is 1. The van der Waals surface area contributed by atoms with Crippen molar-refractivity contribution >= 4 is 26.9 Å². The SMILES string of the molecule is Cc1coc(C(F)(F)F)c1S(=O)(=O)Nc1ccc(Oc2ccnc3[nH]c(=O)[nH]c23)cc1. The zero-order valence-electron chi connectivity index (χ0n) is 15.6.